The molecule has 1 aliphatic carbocycles. The third-order valence-electron chi connectivity index (χ3n) is 2.47. The molecular weight excluding hydrogens is 131 g/mol. The predicted molar refractivity (Wildman–Crippen MR) is 40.7 cm³/mol. The van der Waals surface area contributed by atoms with Gasteiger partial charge in [0.2, 0.25) is 0 Å². The minimum absolute atomic E-state index is 0. The minimum Gasteiger partial charge on any atom is -0.849 e. The smallest absolute Gasteiger partial charge is 0.849 e. The van der Waals surface area contributed by atoms with E-state index in [2.05, 4.69) is 6.92 Å². The Morgan fingerprint density at radius 1 is 1.18 bits per heavy atom. The summed E-state index contributed by atoms with van der Waals surface area (Å²) in [5, 5.41) is 11.7. The van der Waals surface area contributed by atoms with Crippen molar-refractivity contribution in [2.24, 2.45) is 0 Å². The van der Waals surface area contributed by atoms with Crippen LogP contribution in [-0.2, 0) is 0 Å². The van der Waals surface area contributed by atoms with Crippen molar-refractivity contribution in [3.63, 3.8) is 0 Å². The van der Waals surface area contributed by atoms with Gasteiger partial charge in [0.05, 0.1) is 0 Å². The summed E-state index contributed by atoms with van der Waals surface area (Å²) in [6.07, 6.45) is 7.44. The van der Waals surface area contributed by atoms with E-state index in [1.807, 2.05) is 0 Å². The Hall–Kier alpha value is 0.557. The molecule has 0 aromatic rings. The molecule has 2 heteroatoms. The molecule has 1 saturated carbocycles. The normalized spacial score (nSPS) is 22.4. The van der Waals surface area contributed by atoms with Gasteiger partial charge in [0, 0.05) is 0 Å². The zero-order chi connectivity index (χ0) is 7.45. The Kier molecular flexibility index (Phi) is 5.51. The Morgan fingerprint density at radius 3 is 2.18 bits per heavy atom. The minimum atomic E-state index is -0.521. The molecule has 0 bridgehead atoms. The maximum absolute atomic E-state index is 11.7. The molecule has 0 unspecified atom stereocenters. The summed E-state index contributed by atoms with van der Waals surface area (Å²) in [4.78, 5) is 0. The quantitative estimate of drug-likeness (QED) is 0.454. The summed E-state index contributed by atoms with van der Waals surface area (Å²) in [5.74, 6) is 0. The van der Waals surface area contributed by atoms with Gasteiger partial charge in [-0.25, -0.2) is 0 Å². The molecule has 1 rings (SSSR count). The molecule has 0 atom stereocenters. The van der Waals surface area contributed by atoms with Gasteiger partial charge in [-0.1, -0.05) is 51.9 Å². The zero-order valence-corrected chi connectivity index (χ0v) is 7.86. The molecule has 1 fully saturated rings. The molecule has 1 nitrogen and oxygen atoms in total. The molecule has 11 heavy (non-hydrogen) atoms. The molecule has 0 amide bonds. The maximum atomic E-state index is 11.7. The summed E-state index contributed by atoms with van der Waals surface area (Å²) in [5.41, 5.74) is -0.521. The average Bonchev–Trinajstić information content (AvgIpc) is 1.89. The van der Waals surface area contributed by atoms with E-state index in [9.17, 15) is 5.11 Å². The van der Waals surface area contributed by atoms with Gasteiger partial charge in [0.1, 0.15) is 0 Å². The van der Waals surface area contributed by atoms with E-state index < -0.39 is 5.60 Å². The SMILES string of the molecule is CCCC1([O-])CCCCC1.[Li+]. The molecule has 60 valence electrons. The van der Waals surface area contributed by atoms with Gasteiger partial charge in [-0.05, 0) is 0 Å². The fourth-order valence-electron chi connectivity index (χ4n) is 1.90. The second-order valence-corrected chi connectivity index (χ2v) is 3.49. The van der Waals surface area contributed by atoms with Crippen LogP contribution in [0.5, 0.6) is 0 Å². The molecule has 0 aromatic heterocycles. The first kappa shape index (κ1) is 11.6. The second kappa shape index (κ2) is 5.25. The molecule has 0 aromatic carbocycles. The van der Waals surface area contributed by atoms with Crippen molar-refractivity contribution in [3.05, 3.63) is 0 Å². The molecule has 0 N–H and O–H groups in total. The predicted octanol–water partition coefficient (Wildman–Crippen LogP) is -1.15. The Balaban J connectivity index is 0.000001000. The van der Waals surface area contributed by atoms with Crippen LogP contribution in [0.4, 0.5) is 0 Å². The van der Waals surface area contributed by atoms with Crippen molar-refractivity contribution in [1.82, 2.24) is 0 Å². The summed E-state index contributed by atoms with van der Waals surface area (Å²) in [6, 6.07) is 0. The Labute approximate surface area is 81.7 Å². The zero-order valence-electron chi connectivity index (χ0n) is 7.86. The van der Waals surface area contributed by atoms with E-state index in [4.69, 9.17) is 0 Å². The van der Waals surface area contributed by atoms with Crippen LogP contribution < -0.4 is 24.0 Å². The first-order chi connectivity index (χ1) is 4.77. The van der Waals surface area contributed by atoms with Crippen LogP contribution in [0.1, 0.15) is 51.9 Å². The second-order valence-electron chi connectivity index (χ2n) is 3.49. The van der Waals surface area contributed by atoms with E-state index in [0.717, 1.165) is 25.7 Å². The van der Waals surface area contributed by atoms with Gasteiger partial charge in [0.25, 0.3) is 0 Å². The third-order valence-corrected chi connectivity index (χ3v) is 2.47. The number of rotatable bonds is 2. The van der Waals surface area contributed by atoms with Crippen LogP contribution >= 0.6 is 0 Å². The largest absolute Gasteiger partial charge is 1.00 e. The number of hydrogen-bond acceptors (Lipinski definition) is 1. The van der Waals surface area contributed by atoms with Crippen LogP contribution in [-0.4, -0.2) is 5.60 Å². The van der Waals surface area contributed by atoms with E-state index in [1.54, 1.807) is 0 Å². The van der Waals surface area contributed by atoms with E-state index >= 15 is 0 Å². The van der Waals surface area contributed by atoms with E-state index in [0.29, 0.717) is 0 Å². The van der Waals surface area contributed by atoms with Crippen molar-refractivity contribution in [3.8, 4) is 0 Å². The van der Waals surface area contributed by atoms with Crippen molar-refractivity contribution in [2.45, 2.75) is 57.5 Å². The van der Waals surface area contributed by atoms with Crippen molar-refractivity contribution in [2.75, 3.05) is 0 Å². The average molecular weight is 148 g/mol. The van der Waals surface area contributed by atoms with E-state index in [-0.39, 0.29) is 18.9 Å². The van der Waals surface area contributed by atoms with Crippen LogP contribution in [0, 0.1) is 0 Å². The van der Waals surface area contributed by atoms with Crippen LogP contribution in [0.15, 0.2) is 0 Å². The number of hydrogen-bond donors (Lipinski definition) is 0. The summed E-state index contributed by atoms with van der Waals surface area (Å²) < 4.78 is 0. The van der Waals surface area contributed by atoms with Gasteiger partial charge in [-0.3, -0.25) is 0 Å². The molecule has 0 aliphatic heterocycles. The van der Waals surface area contributed by atoms with Gasteiger partial charge in [-0.15, -0.1) is 5.60 Å². The van der Waals surface area contributed by atoms with Crippen LogP contribution in [0.25, 0.3) is 0 Å². The molecular formula is C9H17LiO. The van der Waals surface area contributed by atoms with Crippen molar-refractivity contribution in [1.29, 1.82) is 0 Å². The monoisotopic (exact) mass is 148 g/mol. The molecule has 0 heterocycles. The van der Waals surface area contributed by atoms with Crippen molar-refractivity contribution < 1.29 is 24.0 Å². The summed E-state index contributed by atoms with van der Waals surface area (Å²) in [6.45, 7) is 2.11. The summed E-state index contributed by atoms with van der Waals surface area (Å²) >= 11 is 0. The third kappa shape index (κ3) is 3.65. The first-order valence-electron chi connectivity index (χ1n) is 4.47. The maximum Gasteiger partial charge on any atom is 1.00 e. The van der Waals surface area contributed by atoms with Gasteiger partial charge in [-0.2, -0.15) is 0 Å². The van der Waals surface area contributed by atoms with Gasteiger partial charge in [0.15, 0.2) is 0 Å². The molecule has 1 aliphatic rings. The molecule has 0 saturated heterocycles. The summed E-state index contributed by atoms with van der Waals surface area (Å²) in [7, 11) is 0. The fourth-order valence-corrected chi connectivity index (χ4v) is 1.90. The fraction of sp³-hybridized carbons (Fsp3) is 1.00. The Bertz CT molecular complexity index is 92.2. The van der Waals surface area contributed by atoms with Gasteiger partial charge < -0.3 is 5.11 Å². The van der Waals surface area contributed by atoms with Crippen molar-refractivity contribution >= 4 is 0 Å². The molecule has 0 radical (unpaired) electrons. The standard InChI is InChI=1S/C9H17O.Li/c1-2-6-9(10)7-4-3-5-8-9;/h2-8H2,1H3;/q-1;+1. The molecule has 0 spiro atoms. The van der Waals surface area contributed by atoms with Gasteiger partial charge >= 0.3 is 18.9 Å². The van der Waals surface area contributed by atoms with Crippen LogP contribution in [0.2, 0.25) is 0 Å². The Morgan fingerprint density at radius 2 is 1.73 bits per heavy atom. The van der Waals surface area contributed by atoms with E-state index in [1.165, 1.54) is 19.3 Å². The van der Waals surface area contributed by atoms with Crippen LogP contribution in [0.3, 0.4) is 0 Å². The first-order valence-corrected chi connectivity index (χ1v) is 4.47. The topological polar surface area (TPSA) is 23.1 Å².